The van der Waals surface area contributed by atoms with Crippen molar-refractivity contribution >= 4 is 41.7 Å². The van der Waals surface area contributed by atoms with E-state index in [9.17, 15) is 0 Å². The number of benzene rings is 1. The second-order valence-electron chi connectivity index (χ2n) is 3.92. The minimum Gasteiger partial charge on any atom is -0.384 e. The maximum Gasteiger partial charge on any atom is 0.138 e. The Balaban J connectivity index is 0.000001000. The summed E-state index contributed by atoms with van der Waals surface area (Å²) in [7, 11) is 0. The molecule has 3 rings (SSSR count). The Labute approximate surface area is 128 Å². The Hall–Kier alpha value is -2.11. The molecule has 20 heavy (non-hydrogen) atoms. The third-order valence-corrected chi connectivity index (χ3v) is 2.76. The molecule has 2 aromatic heterocycles. The van der Waals surface area contributed by atoms with Crippen molar-refractivity contribution in [2.45, 2.75) is 0 Å². The van der Waals surface area contributed by atoms with Gasteiger partial charge in [0.2, 0.25) is 0 Å². The van der Waals surface area contributed by atoms with E-state index in [1.165, 1.54) is 0 Å². The number of hydrogen-bond donors (Lipinski definition) is 2. The normalized spacial score (nSPS) is 9.60. The first-order valence-corrected chi connectivity index (χ1v) is 5.48. The molecule has 0 bridgehead atoms. The van der Waals surface area contributed by atoms with Crippen LogP contribution in [0.5, 0.6) is 0 Å². The molecule has 0 aliphatic carbocycles. The van der Waals surface area contributed by atoms with Gasteiger partial charge in [-0.25, -0.2) is 9.97 Å². The predicted molar refractivity (Wildman–Crippen MR) is 84.4 cm³/mol. The molecule has 2 heterocycles. The number of nitrogen functional groups attached to an aromatic ring is 1. The van der Waals surface area contributed by atoms with Crippen LogP contribution in [0.25, 0.3) is 16.9 Å². The van der Waals surface area contributed by atoms with Gasteiger partial charge in [0.15, 0.2) is 0 Å². The SMILES string of the molecule is Cl.Cl.N=C(N)c1ccc(-n2cnc3ccccc32)nc1. The first kappa shape index (κ1) is 15.9. The monoisotopic (exact) mass is 309 g/mol. The van der Waals surface area contributed by atoms with Crippen LogP contribution in [0.1, 0.15) is 5.56 Å². The summed E-state index contributed by atoms with van der Waals surface area (Å²) in [6, 6.07) is 11.5. The number of fused-ring (bicyclic) bond motifs is 1. The largest absolute Gasteiger partial charge is 0.384 e. The van der Waals surface area contributed by atoms with E-state index < -0.39 is 0 Å². The molecule has 0 aliphatic rings. The summed E-state index contributed by atoms with van der Waals surface area (Å²) in [5, 5.41) is 7.33. The number of nitrogens with two attached hydrogens (primary N) is 1. The van der Waals surface area contributed by atoms with Crippen molar-refractivity contribution in [1.29, 1.82) is 5.41 Å². The summed E-state index contributed by atoms with van der Waals surface area (Å²) in [6.45, 7) is 0. The van der Waals surface area contributed by atoms with E-state index in [0.29, 0.717) is 5.56 Å². The molecule has 0 fully saturated rings. The number of halogens is 2. The van der Waals surface area contributed by atoms with Crippen LogP contribution in [-0.4, -0.2) is 20.4 Å². The second-order valence-corrected chi connectivity index (χ2v) is 3.92. The molecule has 0 saturated carbocycles. The highest BCUT2D eigenvalue weighted by Crippen LogP contribution is 2.16. The first-order chi connectivity index (χ1) is 8.75. The number of hydrogen-bond acceptors (Lipinski definition) is 3. The molecule has 0 atom stereocenters. The van der Waals surface area contributed by atoms with Gasteiger partial charge < -0.3 is 5.73 Å². The standard InChI is InChI=1S/C13H11N5.2ClH/c14-13(15)9-5-6-12(16-7-9)18-8-17-10-3-1-2-4-11(10)18;;/h1-8H,(H3,14,15);2*1H. The summed E-state index contributed by atoms with van der Waals surface area (Å²) < 4.78 is 1.90. The highest BCUT2D eigenvalue weighted by molar-refractivity contribution is 5.94. The Kier molecular flexibility index (Phi) is 5.07. The van der Waals surface area contributed by atoms with Crippen LogP contribution in [-0.2, 0) is 0 Å². The molecule has 3 N–H and O–H groups in total. The van der Waals surface area contributed by atoms with Crippen LogP contribution in [0, 0.1) is 5.41 Å². The third kappa shape index (κ3) is 2.74. The van der Waals surface area contributed by atoms with Crippen LogP contribution < -0.4 is 5.73 Å². The fourth-order valence-electron chi connectivity index (χ4n) is 1.83. The van der Waals surface area contributed by atoms with Gasteiger partial charge in [-0.2, -0.15) is 0 Å². The molecule has 0 amide bonds. The number of imidazole rings is 1. The van der Waals surface area contributed by atoms with Crippen molar-refractivity contribution in [3.05, 3.63) is 54.5 Å². The molecule has 104 valence electrons. The fourth-order valence-corrected chi connectivity index (χ4v) is 1.83. The van der Waals surface area contributed by atoms with Gasteiger partial charge in [0, 0.05) is 11.8 Å². The quantitative estimate of drug-likeness (QED) is 0.564. The van der Waals surface area contributed by atoms with Gasteiger partial charge in [0.05, 0.1) is 11.0 Å². The number of para-hydroxylation sites is 2. The van der Waals surface area contributed by atoms with Crippen molar-refractivity contribution in [3.8, 4) is 5.82 Å². The van der Waals surface area contributed by atoms with Crippen molar-refractivity contribution < 1.29 is 0 Å². The van der Waals surface area contributed by atoms with Gasteiger partial charge in [-0.1, -0.05) is 12.1 Å². The highest BCUT2D eigenvalue weighted by atomic mass is 35.5. The van der Waals surface area contributed by atoms with Crippen molar-refractivity contribution in [2.24, 2.45) is 5.73 Å². The minimum atomic E-state index is 0. The van der Waals surface area contributed by atoms with Crippen molar-refractivity contribution in [1.82, 2.24) is 14.5 Å². The number of amidine groups is 1. The minimum absolute atomic E-state index is 0. The molecule has 3 aromatic rings. The molecule has 1 aromatic carbocycles. The van der Waals surface area contributed by atoms with Crippen LogP contribution >= 0.6 is 24.8 Å². The van der Waals surface area contributed by atoms with E-state index >= 15 is 0 Å². The van der Waals surface area contributed by atoms with E-state index in [0.717, 1.165) is 16.9 Å². The number of nitrogens with zero attached hydrogens (tertiary/aromatic N) is 3. The molecular formula is C13H13Cl2N5. The van der Waals surface area contributed by atoms with E-state index in [2.05, 4.69) is 9.97 Å². The summed E-state index contributed by atoms with van der Waals surface area (Å²) in [5.74, 6) is 0.776. The molecule has 0 unspecified atom stereocenters. The third-order valence-electron chi connectivity index (χ3n) is 2.76. The van der Waals surface area contributed by atoms with E-state index in [1.807, 2.05) is 34.9 Å². The molecule has 5 nitrogen and oxygen atoms in total. The second kappa shape index (κ2) is 6.36. The molecule has 0 spiro atoms. The summed E-state index contributed by atoms with van der Waals surface area (Å²) in [5.41, 5.74) is 7.94. The summed E-state index contributed by atoms with van der Waals surface area (Å²) in [4.78, 5) is 8.60. The maximum atomic E-state index is 7.33. The van der Waals surface area contributed by atoms with Gasteiger partial charge in [0.1, 0.15) is 18.0 Å². The summed E-state index contributed by atoms with van der Waals surface area (Å²) in [6.07, 6.45) is 3.33. The van der Waals surface area contributed by atoms with Gasteiger partial charge >= 0.3 is 0 Å². The average Bonchev–Trinajstić information content (AvgIpc) is 2.82. The number of aromatic nitrogens is 3. The maximum absolute atomic E-state index is 7.33. The van der Waals surface area contributed by atoms with Crippen molar-refractivity contribution in [2.75, 3.05) is 0 Å². The number of pyridine rings is 1. The first-order valence-electron chi connectivity index (χ1n) is 5.48. The molecule has 0 saturated heterocycles. The van der Waals surface area contributed by atoms with Gasteiger partial charge in [-0.15, -0.1) is 24.8 Å². The fraction of sp³-hybridized carbons (Fsp3) is 0. The van der Waals surface area contributed by atoms with E-state index in [4.69, 9.17) is 11.1 Å². The Morgan fingerprint density at radius 2 is 1.80 bits per heavy atom. The lowest BCUT2D eigenvalue weighted by Crippen LogP contribution is -2.11. The Morgan fingerprint density at radius 1 is 1.05 bits per heavy atom. The zero-order valence-corrected chi connectivity index (χ0v) is 12.0. The lowest BCUT2D eigenvalue weighted by Gasteiger charge is -2.04. The topological polar surface area (TPSA) is 80.6 Å². The highest BCUT2D eigenvalue weighted by Gasteiger charge is 2.05. The van der Waals surface area contributed by atoms with Gasteiger partial charge in [0.25, 0.3) is 0 Å². The number of nitrogens with one attached hydrogen (secondary N) is 1. The lowest BCUT2D eigenvalue weighted by atomic mass is 10.2. The zero-order valence-electron chi connectivity index (χ0n) is 10.4. The van der Waals surface area contributed by atoms with E-state index in [1.54, 1.807) is 18.6 Å². The summed E-state index contributed by atoms with van der Waals surface area (Å²) >= 11 is 0. The zero-order chi connectivity index (χ0) is 12.5. The van der Waals surface area contributed by atoms with Crippen LogP contribution in [0.4, 0.5) is 0 Å². The molecule has 0 radical (unpaired) electrons. The van der Waals surface area contributed by atoms with Crippen LogP contribution in [0.2, 0.25) is 0 Å². The Morgan fingerprint density at radius 3 is 2.45 bits per heavy atom. The Bertz CT molecular complexity index is 721. The van der Waals surface area contributed by atoms with Crippen LogP contribution in [0.15, 0.2) is 48.9 Å². The molecule has 0 aliphatic heterocycles. The number of rotatable bonds is 2. The smallest absolute Gasteiger partial charge is 0.138 e. The molecule has 7 heteroatoms. The van der Waals surface area contributed by atoms with E-state index in [-0.39, 0.29) is 30.6 Å². The predicted octanol–water partition coefficient (Wildman–Crippen LogP) is 2.55. The molecular weight excluding hydrogens is 297 g/mol. The lowest BCUT2D eigenvalue weighted by molar-refractivity contribution is 1.02. The van der Waals surface area contributed by atoms with Gasteiger partial charge in [-0.05, 0) is 24.3 Å². The van der Waals surface area contributed by atoms with Crippen LogP contribution in [0.3, 0.4) is 0 Å². The van der Waals surface area contributed by atoms with Crippen molar-refractivity contribution in [3.63, 3.8) is 0 Å². The average molecular weight is 310 g/mol. The van der Waals surface area contributed by atoms with Gasteiger partial charge in [-0.3, -0.25) is 9.98 Å².